The molecule has 110 valence electrons. The van der Waals surface area contributed by atoms with E-state index in [2.05, 4.69) is 30.3 Å². The van der Waals surface area contributed by atoms with Crippen molar-refractivity contribution in [2.24, 2.45) is 0 Å². The van der Waals surface area contributed by atoms with E-state index in [0.29, 0.717) is 5.92 Å². The molecular formula is C19H24N2. The summed E-state index contributed by atoms with van der Waals surface area (Å²) in [4.78, 5) is 0. The van der Waals surface area contributed by atoms with E-state index in [-0.39, 0.29) is 0 Å². The molecule has 0 heterocycles. The predicted molar refractivity (Wildman–Crippen MR) is 90.3 cm³/mol. The van der Waals surface area contributed by atoms with Crippen molar-refractivity contribution in [3.8, 4) is 0 Å². The second-order valence-electron chi connectivity index (χ2n) is 6.17. The largest absolute Gasteiger partial charge is 0.399 e. The summed E-state index contributed by atoms with van der Waals surface area (Å²) in [5, 5.41) is 0. The first kappa shape index (κ1) is 14.0. The van der Waals surface area contributed by atoms with Gasteiger partial charge in [0.15, 0.2) is 0 Å². The lowest BCUT2D eigenvalue weighted by Crippen LogP contribution is -2.09. The Balaban J connectivity index is 1.84. The van der Waals surface area contributed by atoms with Crippen molar-refractivity contribution in [2.75, 3.05) is 11.5 Å². The zero-order chi connectivity index (χ0) is 14.7. The molecule has 3 rings (SSSR count). The Morgan fingerprint density at radius 3 is 2.29 bits per heavy atom. The van der Waals surface area contributed by atoms with Gasteiger partial charge in [0, 0.05) is 11.4 Å². The molecular weight excluding hydrogens is 256 g/mol. The van der Waals surface area contributed by atoms with Crippen molar-refractivity contribution in [2.45, 2.75) is 44.4 Å². The van der Waals surface area contributed by atoms with E-state index >= 15 is 0 Å². The van der Waals surface area contributed by atoms with Gasteiger partial charge in [0.2, 0.25) is 0 Å². The molecule has 0 aromatic heterocycles. The van der Waals surface area contributed by atoms with Crippen LogP contribution in [-0.4, -0.2) is 0 Å². The molecule has 0 spiro atoms. The third-order valence-corrected chi connectivity index (χ3v) is 4.65. The van der Waals surface area contributed by atoms with E-state index in [1.165, 1.54) is 48.8 Å². The summed E-state index contributed by atoms with van der Waals surface area (Å²) < 4.78 is 0. The molecule has 4 N–H and O–H groups in total. The molecule has 2 aromatic rings. The van der Waals surface area contributed by atoms with Crippen LogP contribution in [0.3, 0.4) is 0 Å². The topological polar surface area (TPSA) is 52.0 Å². The van der Waals surface area contributed by atoms with Crippen molar-refractivity contribution < 1.29 is 0 Å². The third kappa shape index (κ3) is 3.21. The first-order valence-electron chi connectivity index (χ1n) is 7.96. The Morgan fingerprint density at radius 1 is 0.857 bits per heavy atom. The van der Waals surface area contributed by atoms with Gasteiger partial charge in [0.1, 0.15) is 0 Å². The van der Waals surface area contributed by atoms with Gasteiger partial charge in [-0.3, -0.25) is 0 Å². The Morgan fingerprint density at radius 2 is 1.57 bits per heavy atom. The quantitative estimate of drug-likeness (QED) is 0.814. The summed E-state index contributed by atoms with van der Waals surface area (Å²) in [7, 11) is 0. The fourth-order valence-electron chi connectivity index (χ4n) is 3.41. The number of nitrogen functional groups attached to an aromatic ring is 2. The van der Waals surface area contributed by atoms with Crippen LogP contribution >= 0.6 is 0 Å². The molecule has 2 heteroatoms. The molecule has 0 radical (unpaired) electrons. The minimum Gasteiger partial charge on any atom is -0.399 e. The first-order chi connectivity index (χ1) is 10.2. The van der Waals surface area contributed by atoms with Crippen LogP contribution in [0.15, 0.2) is 42.5 Å². The number of para-hydroxylation sites is 1. The lowest BCUT2D eigenvalue weighted by molar-refractivity contribution is 0.444. The molecule has 0 unspecified atom stereocenters. The van der Waals surface area contributed by atoms with E-state index in [4.69, 9.17) is 11.5 Å². The number of anilines is 2. The van der Waals surface area contributed by atoms with Crippen LogP contribution in [0.2, 0.25) is 0 Å². The van der Waals surface area contributed by atoms with Crippen molar-refractivity contribution in [1.29, 1.82) is 0 Å². The van der Waals surface area contributed by atoms with Gasteiger partial charge in [-0.15, -0.1) is 0 Å². The van der Waals surface area contributed by atoms with Crippen molar-refractivity contribution in [3.05, 3.63) is 59.2 Å². The number of hydrogen-bond donors (Lipinski definition) is 2. The van der Waals surface area contributed by atoms with Crippen molar-refractivity contribution in [3.63, 3.8) is 0 Å². The first-order valence-corrected chi connectivity index (χ1v) is 7.96. The molecule has 21 heavy (non-hydrogen) atoms. The summed E-state index contributed by atoms with van der Waals surface area (Å²) in [6.07, 6.45) is 7.51. The Labute approximate surface area is 127 Å². The fraction of sp³-hybridized carbons (Fsp3) is 0.368. The molecule has 2 aromatic carbocycles. The van der Waals surface area contributed by atoms with E-state index in [9.17, 15) is 0 Å². The molecule has 1 saturated carbocycles. The van der Waals surface area contributed by atoms with Gasteiger partial charge in [0.05, 0.1) is 0 Å². The highest BCUT2D eigenvalue weighted by Crippen LogP contribution is 2.36. The standard InChI is InChI=1S/C19H24N2/c20-17-11-9-14(10-12-17)13-16-7-4-8-18(19(16)21)15-5-2-1-3-6-15/h4,7-12,15H,1-3,5-6,13,20-21H2. The van der Waals surface area contributed by atoms with Crippen molar-refractivity contribution >= 4 is 11.4 Å². The highest BCUT2D eigenvalue weighted by atomic mass is 14.6. The van der Waals surface area contributed by atoms with Crippen LogP contribution < -0.4 is 11.5 Å². The van der Waals surface area contributed by atoms with Crippen LogP contribution in [-0.2, 0) is 6.42 Å². The van der Waals surface area contributed by atoms with Gasteiger partial charge in [-0.1, -0.05) is 49.6 Å². The van der Waals surface area contributed by atoms with Crippen LogP contribution in [0, 0.1) is 0 Å². The van der Waals surface area contributed by atoms with E-state index in [1.807, 2.05) is 12.1 Å². The number of rotatable bonds is 3. The molecule has 0 atom stereocenters. The molecule has 0 saturated heterocycles. The van der Waals surface area contributed by atoms with E-state index in [1.54, 1.807) is 0 Å². The van der Waals surface area contributed by atoms with E-state index < -0.39 is 0 Å². The van der Waals surface area contributed by atoms with Gasteiger partial charge in [-0.05, 0) is 54.0 Å². The Bertz CT molecular complexity index is 595. The van der Waals surface area contributed by atoms with E-state index in [0.717, 1.165) is 17.8 Å². The summed E-state index contributed by atoms with van der Waals surface area (Å²) in [6, 6.07) is 14.6. The average molecular weight is 280 g/mol. The molecule has 1 fully saturated rings. The van der Waals surface area contributed by atoms with Gasteiger partial charge >= 0.3 is 0 Å². The molecule has 2 nitrogen and oxygen atoms in total. The molecule has 0 bridgehead atoms. The van der Waals surface area contributed by atoms with Crippen molar-refractivity contribution in [1.82, 2.24) is 0 Å². The smallest absolute Gasteiger partial charge is 0.0385 e. The maximum Gasteiger partial charge on any atom is 0.0385 e. The monoisotopic (exact) mass is 280 g/mol. The second kappa shape index (κ2) is 6.21. The maximum absolute atomic E-state index is 6.47. The predicted octanol–water partition coefficient (Wildman–Crippen LogP) is 4.49. The minimum absolute atomic E-state index is 0.658. The summed E-state index contributed by atoms with van der Waals surface area (Å²) in [5.74, 6) is 0.658. The van der Waals surface area contributed by atoms with Gasteiger partial charge in [-0.25, -0.2) is 0 Å². The summed E-state index contributed by atoms with van der Waals surface area (Å²) in [6.45, 7) is 0. The highest BCUT2D eigenvalue weighted by Gasteiger charge is 2.18. The third-order valence-electron chi connectivity index (χ3n) is 4.65. The molecule has 0 amide bonds. The summed E-state index contributed by atoms with van der Waals surface area (Å²) >= 11 is 0. The number of hydrogen-bond acceptors (Lipinski definition) is 2. The van der Waals surface area contributed by atoms with Gasteiger partial charge in [0.25, 0.3) is 0 Å². The zero-order valence-electron chi connectivity index (χ0n) is 12.5. The Kier molecular flexibility index (Phi) is 4.14. The summed E-state index contributed by atoms with van der Waals surface area (Å²) in [5.41, 5.74) is 17.9. The molecule has 1 aliphatic rings. The number of nitrogens with two attached hydrogens (primary N) is 2. The normalized spacial score (nSPS) is 16.0. The molecule has 1 aliphatic carbocycles. The maximum atomic E-state index is 6.47. The zero-order valence-corrected chi connectivity index (χ0v) is 12.5. The van der Waals surface area contributed by atoms with Crippen LogP contribution in [0.5, 0.6) is 0 Å². The van der Waals surface area contributed by atoms with Crippen LogP contribution in [0.4, 0.5) is 11.4 Å². The Hall–Kier alpha value is -1.96. The molecule has 0 aliphatic heterocycles. The van der Waals surface area contributed by atoms with Crippen LogP contribution in [0.25, 0.3) is 0 Å². The average Bonchev–Trinajstić information content (AvgIpc) is 2.52. The fourth-order valence-corrected chi connectivity index (χ4v) is 3.41. The van der Waals surface area contributed by atoms with Crippen LogP contribution in [0.1, 0.15) is 54.7 Å². The second-order valence-corrected chi connectivity index (χ2v) is 6.17. The highest BCUT2D eigenvalue weighted by molar-refractivity contribution is 5.57. The number of benzene rings is 2. The SMILES string of the molecule is Nc1ccc(Cc2cccc(C3CCCCC3)c2N)cc1. The van der Waals surface area contributed by atoms with Gasteiger partial charge < -0.3 is 11.5 Å². The van der Waals surface area contributed by atoms with Gasteiger partial charge in [-0.2, -0.15) is 0 Å². The minimum atomic E-state index is 0.658. The lowest BCUT2D eigenvalue weighted by atomic mass is 9.82. The lowest BCUT2D eigenvalue weighted by Gasteiger charge is -2.24.